The van der Waals surface area contributed by atoms with Gasteiger partial charge in [-0.3, -0.25) is 9.78 Å². The van der Waals surface area contributed by atoms with E-state index in [0.717, 1.165) is 27.5 Å². The van der Waals surface area contributed by atoms with E-state index in [-0.39, 0.29) is 18.8 Å². The first-order valence-electron chi connectivity index (χ1n) is 8.97. The van der Waals surface area contributed by atoms with Crippen LogP contribution in [-0.4, -0.2) is 45.0 Å². The summed E-state index contributed by atoms with van der Waals surface area (Å²) in [4.78, 5) is 25.7. The Bertz CT molecular complexity index is 1050. The number of fused-ring (bicyclic) bond motifs is 3. The van der Waals surface area contributed by atoms with E-state index in [9.17, 15) is 18.0 Å². The van der Waals surface area contributed by atoms with Crippen molar-refractivity contribution in [1.82, 2.24) is 19.9 Å². The van der Waals surface area contributed by atoms with Gasteiger partial charge in [0.25, 0.3) is 0 Å². The van der Waals surface area contributed by atoms with Crippen LogP contribution >= 0.6 is 0 Å². The zero-order valence-corrected chi connectivity index (χ0v) is 14.4. The number of likely N-dealkylation sites (tertiary alicyclic amines) is 1. The summed E-state index contributed by atoms with van der Waals surface area (Å²) < 4.78 is 39.9. The van der Waals surface area contributed by atoms with Crippen LogP contribution < -0.4 is 0 Å². The summed E-state index contributed by atoms with van der Waals surface area (Å²) in [6.45, 7) is 0.663. The van der Waals surface area contributed by atoms with Crippen molar-refractivity contribution in [2.24, 2.45) is 5.41 Å². The monoisotopic (exact) mass is 374 g/mol. The molecule has 1 unspecified atom stereocenters. The number of rotatable bonds is 2. The van der Waals surface area contributed by atoms with Crippen LogP contribution in [0.15, 0.2) is 30.7 Å². The lowest BCUT2D eigenvalue weighted by molar-refractivity contribution is -0.197. The molecule has 0 bridgehead atoms. The summed E-state index contributed by atoms with van der Waals surface area (Å²) in [5.41, 5.74) is 0.370. The lowest BCUT2D eigenvalue weighted by Gasteiger charge is -2.25. The molecule has 1 N–H and O–H groups in total. The van der Waals surface area contributed by atoms with E-state index in [4.69, 9.17) is 0 Å². The highest BCUT2D eigenvalue weighted by Crippen LogP contribution is 2.59. The highest BCUT2D eigenvalue weighted by molar-refractivity contribution is 6.05. The van der Waals surface area contributed by atoms with Crippen molar-refractivity contribution < 1.29 is 18.0 Å². The number of carbonyl (C=O) groups is 1. The third-order valence-electron chi connectivity index (χ3n) is 5.94. The second kappa shape index (κ2) is 5.43. The highest BCUT2D eigenvalue weighted by atomic mass is 19.4. The van der Waals surface area contributed by atoms with Crippen LogP contribution in [0, 0.1) is 5.41 Å². The minimum Gasteiger partial charge on any atom is -0.346 e. The Morgan fingerprint density at radius 1 is 1.26 bits per heavy atom. The Labute approximate surface area is 152 Å². The Balaban J connectivity index is 1.49. The second-order valence-corrected chi connectivity index (χ2v) is 7.48. The zero-order chi connectivity index (χ0) is 18.8. The van der Waals surface area contributed by atoms with Gasteiger partial charge in [-0.1, -0.05) is 0 Å². The summed E-state index contributed by atoms with van der Waals surface area (Å²) in [5, 5.41) is 1.90. The molecule has 8 heteroatoms. The number of hydrogen-bond acceptors (Lipinski definition) is 3. The maximum absolute atomic E-state index is 13.3. The number of nitrogens with one attached hydrogen (secondary N) is 1. The van der Waals surface area contributed by atoms with Gasteiger partial charge in [-0.25, -0.2) is 4.98 Å². The lowest BCUT2D eigenvalue weighted by atomic mass is 9.94. The third kappa shape index (κ3) is 2.35. The van der Waals surface area contributed by atoms with E-state index in [1.54, 1.807) is 18.6 Å². The summed E-state index contributed by atoms with van der Waals surface area (Å²) in [5.74, 6) is -0.770. The van der Waals surface area contributed by atoms with E-state index in [0.29, 0.717) is 19.5 Å². The van der Waals surface area contributed by atoms with E-state index >= 15 is 0 Å². The van der Waals surface area contributed by atoms with Gasteiger partial charge < -0.3 is 9.88 Å². The quantitative estimate of drug-likeness (QED) is 0.743. The lowest BCUT2D eigenvalue weighted by Crippen LogP contribution is -2.43. The number of amides is 1. The Morgan fingerprint density at radius 2 is 2.07 bits per heavy atom. The standard InChI is InChI=1S/C19H17F3N4O/c20-19(21,22)18(4-5-18)17(27)26-8-3-11(10-26)12-1-6-23-14-9-25-16-13(15(12)14)2-7-24-16/h1-2,6-7,9,11H,3-5,8,10H2,(H,24,25). The molecule has 1 aliphatic carbocycles. The molecule has 5 rings (SSSR count). The van der Waals surface area contributed by atoms with Crippen LogP contribution in [-0.2, 0) is 4.79 Å². The molecule has 1 atom stereocenters. The molecular weight excluding hydrogens is 357 g/mol. The molecule has 3 aromatic rings. The van der Waals surface area contributed by atoms with Crippen molar-refractivity contribution in [2.45, 2.75) is 31.4 Å². The minimum atomic E-state index is -4.46. The number of pyridine rings is 2. The number of H-pyrrole nitrogens is 1. The van der Waals surface area contributed by atoms with Gasteiger partial charge in [-0.05, 0) is 37.0 Å². The Morgan fingerprint density at radius 3 is 2.81 bits per heavy atom. The molecule has 4 heterocycles. The van der Waals surface area contributed by atoms with Gasteiger partial charge in [-0.2, -0.15) is 13.2 Å². The van der Waals surface area contributed by atoms with Gasteiger partial charge in [0.2, 0.25) is 5.91 Å². The van der Waals surface area contributed by atoms with Crippen molar-refractivity contribution in [3.05, 3.63) is 36.3 Å². The molecule has 0 spiro atoms. The van der Waals surface area contributed by atoms with Gasteiger partial charge in [-0.15, -0.1) is 0 Å². The Kier molecular flexibility index (Phi) is 3.33. The number of aromatic nitrogens is 3. The van der Waals surface area contributed by atoms with Crippen LogP contribution in [0.4, 0.5) is 13.2 Å². The first kappa shape index (κ1) is 16.5. The van der Waals surface area contributed by atoms with Crippen molar-refractivity contribution in [1.29, 1.82) is 0 Å². The molecule has 1 saturated heterocycles. The van der Waals surface area contributed by atoms with Crippen LogP contribution in [0.25, 0.3) is 21.9 Å². The second-order valence-electron chi connectivity index (χ2n) is 7.48. The number of alkyl halides is 3. The zero-order valence-electron chi connectivity index (χ0n) is 14.4. The van der Waals surface area contributed by atoms with Crippen molar-refractivity contribution in [3.8, 4) is 0 Å². The van der Waals surface area contributed by atoms with Gasteiger partial charge in [0.05, 0.1) is 11.7 Å². The molecule has 3 aromatic heterocycles. The van der Waals surface area contributed by atoms with Gasteiger partial charge in [0, 0.05) is 42.2 Å². The van der Waals surface area contributed by atoms with Crippen LogP contribution in [0.2, 0.25) is 0 Å². The average Bonchev–Trinajstić information content (AvgIpc) is 3.11. The van der Waals surface area contributed by atoms with E-state index in [1.807, 2.05) is 12.1 Å². The molecule has 0 aromatic carbocycles. The van der Waals surface area contributed by atoms with Crippen molar-refractivity contribution in [2.75, 3.05) is 13.1 Å². The van der Waals surface area contributed by atoms with Crippen LogP contribution in [0.5, 0.6) is 0 Å². The number of nitrogens with zero attached hydrogens (tertiary/aromatic N) is 3. The Hall–Kier alpha value is -2.64. The molecule has 0 radical (unpaired) electrons. The van der Waals surface area contributed by atoms with Gasteiger partial charge >= 0.3 is 6.18 Å². The largest absolute Gasteiger partial charge is 0.403 e. The molecule has 1 amide bonds. The molecule has 27 heavy (non-hydrogen) atoms. The number of carbonyl (C=O) groups excluding carboxylic acids is 1. The van der Waals surface area contributed by atoms with Crippen molar-refractivity contribution in [3.63, 3.8) is 0 Å². The fraction of sp³-hybridized carbons (Fsp3) is 0.421. The molecule has 2 fully saturated rings. The first-order valence-corrected chi connectivity index (χ1v) is 8.97. The smallest absolute Gasteiger partial charge is 0.346 e. The predicted octanol–water partition coefficient (Wildman–Crippen LogP) is 3.77. The summed E-state index contributed by atoms with van der Waals surface area (Å²) in [7, 11) is 0. The topological polar surface area (TPSA) is 61.9 Å². The van der Waals surface area contributed by atoms with E-state index in [2.05, 4.69) is 15.0 Å². The highest BCUT2D eigenvalue weighted by Gasteiger charge is 2.69. The fourth-order valence-corrected chi connectivity index (χ4v) is 4.26. The molecule has 1 aliphatic heterocycles. The fourth-order valence-electron chi connectivity index (χ4n) is 4.26. The summed E-state index contributed by atoms with van der Waals surface area (Å²) >= 11 is 0. The summed E-state index contributed by atoms with van der Waals surface area (Å²) in [6, 6.07) is 3.83. The molecule has 140 valence electrons. The molecular formula is C19H17F3N4O. The average molecular weight is 374 g/mol. The summed E-state index contributed by atoms with van der Waals surface area (Å²) in [6.07, 6.45) is 1.19. The molecule has 1 saturated carbocycles. The molecule has 2 aliphatic rings. The maximum atomic E-state index is 13.3. The first-order chi connectivity index (χ1) is 12.9. The molecule has 5 nitrogen and oxygen atoms in total. The van der Waals surface area contributed by atoms with E-state index in [1.165, 1.54) is 4.90 Å². The third-order valence-corrected chi connectivity index (χ3v) is 5.94. The SMILES string of the molecule is O=C(N1CCC(c2ccnc3cnc4[nH]ccc4c23)C1)C1(C(F)(F)F)CC1. The van der Waals surface area contributed by atoms with Crippen molar-refractivity contribution >= 4 is 27.8 Å². The normalized spacial score (nSPS) is 21.9. The van der Waals surface area contributed by atoms with Gasteiger partial charge in [0.1, 0.15) is 11.1 Å². The predicted molar refractivity (Wildman–Crippen MR) is 93.1 cm³/mol. The van der Waals surface area contributed by atoms with Gasteiger partial charge in [0.15, 0.2) is 0 Å². The minimum absolute atomic E-state index is 0.0102. The number of halogens is 3. The maximum Gasteiger partial charge on any atom is 0.403 e. The van der Waals surface area contributed by atoms with Crippen LogP contribution in [0.1, 0.15) is 30.7 Å². The van der Waals surface area contributed by atoms with Crippen LogP contribution in [0.3, 0.4) is 0 Å². The number of hydrogen-bond donors (Lipinski definition) is 1. The van der Waals surface area contributed by atoms with E-state index < -0.39 is 17.5 Å². The number of aromatic amines is 1.